The maximum absolute atomic E-state index is 8.99. The number of unbranched alkanes of at least 4 members (excludes halogenated alkanes) is 2. The van der Waals surface area contributed by atoms with Gasteiger partial charge in [-0.2, -0.15) is 0 Å². The molecule has 2 unspecified atom stereocenters. The molecule has 0 aromatic heterocycles. The number of hydrogen-bond donors (Lipinski definition) is 4. The molecule has 5 N–H and O–H groups in total. The van der Waals surface area contributed by atoms with Crippen molar-refractivity contribution in [3.8, 4) is 0 Å². The smallest absolute Gasteiger partial charge is 0.128 e. The molecular weight excluding hydrogens is 146 g/mol. The summed E-state index contributed by atoms with van der Waals surface area (Å²) in [4.78, 5) is 0. The Kier molecular flexibility index (Phi) is 6.45. The molecule has 68 valence electrons. The fraction of sp³-hybridized carbons (Fsp3) is 1.00. The van der Waals surface area contributed by atoms with Gasteiger partial charge in [0, 0.05) is 6.61 Å². The van der Waals surface area contributed by atoms with Crippen molar-refractivity contribution in [1.29, 1.82) is 0 Å². The number of aliphatic hydroxyl groups excluding tert-OH is 3. The Morgan fingerprint density at radius 2 is 1.73 bits per heavy atom. The highest BCUT2D eigenvalue weighted by Crippen LogP contribution is 2.04. The summed E-state index contributed by atoms with van der Waals surface area (Å²) >= 11 is 0. The van der Waals surface area contributed by atoms with E-state index in [4.69, 9.17) is 21.1 Å². The van der Waals surface area contributed by atoms with Gasteiger partial charge in [-0.25, -0.2) is 0 Å². The molecule has 0 aliphatic carbocycles. The zero-order valence-corrected chi connectivity index (χ0v) is 6.61. The molecule has 0 fully saturated rings. The molecule has 0 heterocycles. The molecule has 0 aromatic rings. The van der Waals surface area contributed by atoms with Crippen LogP contribution < -0.4 is 5.73 Å². The second kappa shape index (κ2) is 6.54. The first-order chi connectivity index (χ1) is 5.18. The summed E-state index contributed by atoms with van der Waals surface area (Å²) in [6.07, 6.45) is 0.930. The third-order valence-corrected chi connectivity index (χ3v) is 1.55. The van der Waals surface area contributed by atoms with Gasteiger partial charge >= 0.3 is 0 Å². The third-order valence-electron chi connectivity index (χ3n) is 1.55. The van der Waals surface area contributed by atoms with Crippen molar-refractivity contribution in [1.82, 2.24) is 0 Å². The van der Waals surface area contributed by atoms with Crippen LogP contribution >= 0.6 is 0 Å². The van der Waals surface area contributed by atoms with Crippen molar-refractivity contribution < 1.29 is 15.3 Å². The summed E-state index contributed by atoms with van der Waals surface area (Å²) in [6, 6.07) is 0. The minimum atomic E-state index is -1.14. The lowest BCUT2D eigenvalue weighted by molar-refractivity contribution is 0.0172. The minimum absolute atomic E-state index is 0.182. The average Bonchev–Trinajstić information content (AvgIpc) is 1.97. The van der Waals surface area contributed by atoms with E-state index < -0.39 is 12.3 Å². The van der Waals surface area contributed by atoms with E-state index in [-0.39, 0.29) is 6.61 Å². The van der Waals surface area contributed by atoms with Crippen molar-refractivity contribution in [2.75, 3.05) is 6.61 Å². The Labute approximate surface area is 66.7 Å². The van der Waals surface area contributed by atoms with E-state index >= 15 is 0 Å². The van der Waals surface area contributed by atoms with Crippen LogP contribution in [-0.4, -0.2) is 34.3 Å². The molecule has 0 amide bonds. The Morgan fingerprint density at radius 3 is 2.18 bits per heavy atom. The van der Waals surface area contributed by atoms with E-state index in [1.807, 2.05) is 0 Å². The maximum atomic E-state index is 8.99. The second-order valence-electron chi connectivity index (χ2n) is 2.63. The van der Waals surface area contributed by atoms with Crippen LogP contribution in [0.4, 0.5) is 0 Å². The first kappa shape index (κ1) is 10.8. The highest BCUT2D eigenvalue weighted by Gasteiger charge is 2.09. The fourth-order valence-corrected chi connectivity index (χ4v) is 0.813. The van der Waals surface area contributed by atoms with E-state index in [0.29, 0.717) is 6.42 Å². The van der Waals surface area contributed by atoms with Gasteiger partial charge in [-0.15, -0.1) is 0 Å². The second-order valence-corrected chi connectivity index (χ2v) is 2.63. The molecule has 0 rings (SSSR count). The third kappa shape index (κ3) is 6.25. The van der Waals surface area contributed by atoms with Crippen molar-refractivity contribution in [2.45, 2.75) is 38.0 Å². The molecule has 11 heavy (non-hydrogen) atoms. The summed E-state index contributed by atoms with van der Waals surface area (Å²) in [5.41, 5.74) is 5.01. The minimum Gasteiger partial charge on any atom is -0.396 e. The Bertz CT molecular complexity index is 87.8. The van der Waals surface area contributed by atoms with Gasteiger partial charge in [0.15, 0.2) is 0 Å². The lowest BCUT2D eigenvalue weighted by Crippen LogP contribution is -2.33. The Balaban J connectivity index is 3.10. The van der Waals surface area contributed by atoms with Crippen LogP contribution in [0.15, 0.2) is 0 Å². The lowest BCUT2D eigenvalue weighted by Gasteiger charge is -2.12. The molecule has 0 bridgehead atoms. The molecule has 4 heteroatoms. The van der Waals surface area contributed by atoms with Gasteiger partial charge in [0.2, 0.25) is 0 Å². The number of nitrogens with two attached hydrogens (primary N) is 1. The SMILES string of the molecule is NC(O)C(O)CCCCCO. The molecule has 0 aliphatic heterocycles. The molecule has 0 aromatic carbocycles. The normalized spacial score (nSPS) is 16.4. The molecule has 0 saturated carbocycles. The first-order valence-corrected chi connectivity index (χ1v) is 3.91. The van der Waals surface area contributed by atoms with Crippen molar-refractivity contribution >= 4 is 0 Å². The van der Waals surface area contributed by atoms with Crippen LogP contribution in [0.5, 0.6) is 0 Å². The van der Waals surface area contributed by atoms with Gasteiger partial charge in [-0.3, -0.25) is 0 Å². The van der Waals surface area contributed by atoms with Gasteiger partial charge in [0.05, 0.1) is 6.10 Å². The summed E-state index contributed by atoms with van der Waals surface area (Å²) in [5.74, 6) is 0. The van der Waals surface area contributed by atoms with Crippen molar-refractivity contribution in [2.24, 2.45) is 5.73 Å². The van der Waals surface area contributed by atoms with Crippen LogP contribution in [0.3, 0.4) is 0 Å². The fourth-order valence-electron chi connectivity index (χ4n) is 0.813. The average molecular weight is 163 g/mol. The topological polar surface area (TPSA) is 86.7 Å². The van der Waals surface area contributed by atoms with E-state index in [9.17, 15) is 0 Å². The highest BCUT2D eigenvalue weighted by molar-refractivity contribution is 4.60. The van der Waals surface area contributed by atoms with Gasteiger partial charge in [-0.1, -0.05) is 12.8 Å². The van der Waals surface area contributed by atoms with Crippen molar-refractivity contribution in [3.05, 3.63) is 0 Å². The number of rotatable bonds is 6. The summed E-state index contributed by atoms with van der Waals surface area (Å²) in [7, 11) is 0. The van der Waals surface area contributed by atoms with Crippen LogP contribution in [0, 0.1) is 0 Å². The van der Waals surface area contributed by atoms with Crippen LogP contribution in [0.1, 0.15) is 25.7 Å². The van der Waals surface area contributed by atoms with E-state index in [1.54, 1.807) is 0 Å². The van der Waals surface area contributed by atoms with E-state index in [1.165, 1.54) is 0 Å². The first-order valence-electron chi connectivity index (χ1n) is 3.91. The standard InChI is InChI=1S/C7H17NO3/c8-7(11)6(10)4-2-1-3-5-9/h6-7,9-11H,1-5,8H2. The lowest BCUT2D eigenvalue weighted by atomic mass is 10.1. The molecule has 0 spiro atoms. The summed E-state index contributed by atoms with van der Waals surface area (Å²) in [5, 5.41) is 26.0. The van der Waals surface area contributed by atoms with Gasteiger partial charge in [0.25, 0.3) is 0 Å². The van der Waals surface area contributed by atoms with Gasteiger partial charge in [0.1, 0.15) is 6.23 Å². The molecule has 0 aliphatic rings. The Hall–Kier alpha value is -0.160. The number of hydrogen-bond acceptors (Lipinski definition) is 4. The maximum Gasteiger partial charge on any atom is 0.128 e. The molecule has 4 nitrogen and oxygen atoms in total. The number of aliphatic hydroxyl groups is 3. The molecule has 0 saturated heterocycles. The van der Waals surface area contributed by atoms with E-state index in [0.717, 1.165) is 19.3 Å². The monoisotopic (exact) mass is 163 g/mol. The zero-order valence-electron chi connectivity index (χ0n) is 6.61. The van der Waals surface area contributed by atoms with Gasteiger partial charge < -0.3 is 21.1 Å². The van der Waals surface area contributed by atoms with Crippen molar-refractivity contribution in [3.63, 3.8) is 0 Å². The largest absolute Gasteiger partial charge is 0.396 e. The predicted octanol–water partition coefficient (Wildman–Crippen LogP) is -0.823. The summed E-state index contributed by atoms with van der Waals surface area (Å²) < 4.78 is 0. The van der Waals surface area contributed by atoms with Crippen LogP contribution in [-0.2, 0) is 0 Å². The molecular formula is C7H17NO3. The van der Waals surface area contributed by atoms with Crippen LogP contribution in [0.2, 0.25) is 0 Å². The van der Waals surface area contributed by atoms with Crippen LogP contribution in [0.25, 0.3) is 0 Å². The quantitative estimate of drug-likeness (QED) is 0.304. The van der Waals surface area contributed by atoms with E-state index in [2.05, 4.69) is 0 Å². The highest BCUT2D eigenvalue weighted by atomic mass is 16.3. The molecule has 2 atom stereocenters. The molecule has 0 radical (unpaired) electrons. The Morgan fingerprint density at radius 1 is 1.09 bits per heavy atom. The van der Waals surface area contributed by atoms with Gasteiger partial charge in [-0.05, 0) is 12.8 Å². The zero-order chi connectivity index (χ0) is 8.69. The predicted molar refractivity (Wildman–Crippen MR) is 41.8 cm³/mol. The summed E-state index contributed by atoms with van der Waals surface area (Å²) in [6.45, 7) is 0.182.